The van der Waals surface area contributed by atoms with Crippen LogP contribution in [0.15, 0.2) is 54.6 Å². The normalized spacial score (nSPS) is 16.1. The summed E-state index contributed by atoms with van der Waals surface area (Å²) in [4.78, 5) is 28.9. The fourth-order valence-corrected chi connectivity index (χ4v) is 3.47. The van der Waals surface area contributed by atoms with Gasteiger partial charge in [-0.1, -0.05) is 42.5 Å². The molecule has 0 aliphatic carbocycles. The van der Waals surface area contributed by atoms with Gasteiger partial charge in [-0.05, 0) is 30.2 Å². The van der Waals surface area contributed by atoms with Crippen molar-refractivity contribution in [1.29, 1.82) is 0 Å². The molecule has 160 valence electrons. The van der Waals surface area contributed by atoms with Gasteiger partial charge in [0.25, 0.3) is 0 Å². The molecule has 2 aromatic carbocycles. The van der Waals surface area contributed by atoms with Gasteiger partial charge in [-0.25, -0.2) is 4.39 Å². The van der Waals surface area contributed by atoms with Crippen molar-refractivity contribution in [2.45, 2.75) is 26.1 Å². The summed E-state index contributed by atoms with van der Waals surface area (Å²) in [5.41, 5.74) is 1.94. The maximum atomic E-state index is 13.0. The van der Waals surface area contributed by atoms with E-state index in [2.05, 4.69) is 20.4 Å². The third-order valence-corrected chi connectivity index (χ3v) is 5.41. The highest BCUT2D eigenvalue weighted by Crippen LogP contribution is 2.08. The zero-order chi connectivity index (χ0) is 21.3. The minimum absolute atomic E-state index is 0.0115. The molecule has 0 bridgehead atoms. The first-order valence-corrected chi connectivity index (χ1v) is 10.3. The molecule has 30 heavy (non-hydrogen) atoms. The monoisotopic (exact) mass is 412 g/mol. The number of benzene rings is 2. The van der Waals surface area contributed by atoms with Crippen molar-refractivity contribution >= 4 is 11.8 Å². The Kier molecular flexibility index (Phi) is 7.93. The molecule has 0 spiro atoms. The summed E-state index contributed by atoms with van der Waals surface area (Å²) in [6, 6.07) is 15.7. The zero-order valence-electron chi connectivity index (χ0n) is 17.3. The highest BCUT2D eigenvalue weighted by molar-refractivity contribution is 5.81. The molecule has 2 aromatic rings. The van der Waals surface area contributed by atoms with Gasteiger partial charge in [0.2, 0.25) is 11.8 Å². The van der Waals surface area contributed by atoms with Crippen LogP contribution in [0.2, 0.25) is 0 Å². The Balaban J connectivity index is 1.36. The van der Waals surface area contributed by atoms with Gasteiger partial charge >= 0.3 is 0 Å². The van der Waals surface area contributed by atoms with Crippen molar-refractivity contribution in [2.75, 3.05) is 32.7 Å². The summed E-state index contributed by atoms with van der Waals surface area (Å²) in [5, 5.41) is 5.86. The van der Waals surface area contributed by atoms with Crippen molar-refractivity contribution < 1.29 is 14.0 Å². The first kappa shape index (κ1) is 21.9. The van der Waals surface area contributed by atoms with E-state index in [1.807, 2.05) is 37.3 Å². The Morgan fingerprint density at radius 3 is 2.17 bits per heavy atom. The van der Waals surface area contributed by atoms with E-state index in [0.717, 1.165) is 37.3 Å². The number of amides is 2. The predicted molar refractivity (Wildman–Crippen MR) is 114 cm³/mol. The van der Waals surface area contributed by atoms with Gasteiger partial charge in [0.1, 0.15) is 5.82 Å². The number of carbonyl (C=O) groups is 2. The van der Waals surface area contributed by atoms with Crippen LogP contribution in [0.3, 0.4) is 0 Å². The Morgan fingerprint density at radius 2 is 1.50 bits per heavy atom. The Labute approximate surface area is 177 Å². The molecule has 1 aliphatic rings. The topological polar surface area (TPSA) is 64.7 Å². The Bertz CT molecular complexity index is 821. The average molecular weight is 413 g/mol. The summed E-state index contributed by atoms with van der Waals surface area (Å²) >= 11 is 0. The molecule has 6 nitrogen and oxygen atoms in total. The van der Waals surface area contributed by atoms with Gasteiger partial charge in [-0.15, -0.1) is 0 Å². The van der Waals surface area contributed by atoms with E-state index < -0.39 is 0 Å². The lowest BCUT2D eigenvalue weighted by molar-refractivity contribution is -0.128. The third-order valence-electron chi connectivity index (χ3n) is 5.41. The Morgan fingerprint density at radius 1 is 0.900 bits per heavy atom. The van der Waals surface area contributed by atoms with Crippen LogP contribution in [0.25, 0.3) is 0 Å². The van der Waals surface area contributed by atoms with Crippen LogP contribution >= 0.6 is 0 Å². The summed E-state index contributed by atoms with van der Waals surface area (Å²) in [7, 11) is 0. The van der Waals surface area contributed by atoms with Crippen molar-refractivity contribution in [3.8, 4) is 0 Å². The SMILES string of the molecule is CC(C(=O)NCc1ccc(F)cc1)N1CCN(CC(=O)NCc2ccccc2)CC1. The minimum Gasteiger partial charge on any atom is -0.351 e. The van der Waals surface area contributed by atoms with Crippen LogP contribution in [0.1, 0.15) is 18.1 Å². The molecule has 0 radical (unpaired) electrons. The van der Waals surface area contributed by atoms with Crippen molar-refractivity contribution in [3.63, 3.8) is 0 Å². The van der Waals surface area contributed by atoms with E-state index in [9.17, 15) is 14.0 Å². The van der Waals surface area contributed by atoms with Crippen molar-refractivity contribution in [3.05, 3.63) is 71.5 Å². The summed E-state index contributed by atoms with van der Waals surface area (Å²) in [6.45, 7) is 6.13. The highest BCUT2D eigenvalue weighted by atomic mass is 19.1. The van der Waals surface area contributed by atoms with E-state index in [1.165, 1.54) is 12.1 Å². The summed E-state index contributed by atoms with van der Waals surface area (Å²) in [6.07, 6.45) is 0. The van der Waals surface area contributed by atoms with Gasteiger partial charge in [-0.2, -0.15) is 0 Å². The molecule has 1 fully saturated rings. The molecule has 3 rings (SSSR count). The number of piperazine rings is 1. The lowest BCUT2D eigenvalue weighted by Gasteiger charge is -2.37. The van der Waals surface area contributed by atoms with Gasteiger partial charge in [-0.3, -0.25) is 19.4 Å². The number of nitrogens with one attached hydrogen (secondary N) is 2. The van der Waals surface area contributed by atoms with Crippen LogP contribution in [0, 0.1) is 5.82 Å². The molecule has 1 aliphatic heterocycles. The first-order chi connectivity index (χ1) is 14.5. The van der Waals surface area contributed by atoms with Gasteiger partial charge in [0, 0.05) is 39.3 Å². The maximum absolute atomic E-state index is 13.0. The second kappa shape index (κ2) is 10.8. The number of hydrogen-bond acceptors (Lipinski definition) is 4. The van der Waals surface area contributed by atoms with E-state index in [4.69, 9.17) is 0 Å². The lowest BCUT2D eigenvalue weighted by atomic mass is 10.2. The van der Waals surface area contributed by atoms with Gasteiger partial charge in [0.15, 0.2) is 0 Å². The molecular formula is C23H29FN4O2. The molecule has 2 amide bonds. The molecule has 1 heterocycles. The average Bonchev–Trinajstić information content (AvgIpc) is 2.78. The van der Waals surface area contributed by atoms with E-state index in [1.54, 1.807) is 12.1 Å². The van der Waals surface area contributed by atoms with E-state index in [0.29, 0.717) is 19.6 Å². The second-order valence-corrected chi connectivity index (χ2v) is 7.59. The quantitative estimate of drug-likeness (QED) is 0.694. The third kappa shape index (κ3) is 6.64. The fourth-order valence-electron chi connectivity index (χ4n) is 3.47. The molecule has 1 unspecified atom stereocenters. The molecule has 7 heteroatoms. The lowest BCUT2D eigenvalue weighted by Crippen LogP contribution is -2.55. The highest BCUT2D eigenvalue weighted by Gasteiger charge is 2.26. The summed E-state index contributed by atoms with van der Waals surface area (Å²) < 4.78 is 13.0. The molecule has 0 saturated carbocycles. The van der Waals surface area contributed by atoms with Gasteiger partial charge in [0.05, 0.1) is 12.6 Å². The summed E-state index contributed by atoms with van der Waals surface area (Å²) in [5.74, 6) is -0.323. The largest absolute Gasteiger partial charge is 0.351 e. The van der Waals surface area contributed by atoms with Crippen molar-refractivity contribution in [1.82, 2.24) is 20.4 Å². The fraction of sp³-hybridized carbons (Fsp3) is 0.391. The van der Waals surface area contributed by atoms with Crippen LogP contribution in [-0.4, -0.2) is 60.4 Å². The number of hydrogen-bond donors (Lipinski definition) is 2. The standard InChI is InChI=1S/C23H29FN4O2/c1-18(23(30)26-16-20-7-9-21(24)10-8-20)28-13-11-27(12-14-28)17-22(29)25-15-19-5-3-2-4-6-19/h2-10,18H,11-17H2,1H3,(H,25,29)(H,26,30). The molecule has 1 saturated heterocycles. The van der Waals surface area contributed by atoms with Crippen LogP contribution in [0.4, 0.5) is 4.39 Å². The minimum atomic E-state index is -0.287. The number of carbonyl (C=O) groups excluding carboxylic acids is 2. The van der Waals surface area contributed by atoms with Crippen LogP contribution < -0.4 is 10.6 Å². The number of halogens is 1. The second-order valence-electron chi connectivity index (χ2n) is 7.59. The van der Waals surface area contributed by atoms with Crippen LogP contribution in [-0.2, 0) is 22.7 Å². The van der Waals surface area contributed by atoms with Crippen molar-refractivity contribution in [2.24, 2.45) is 0 Å². The van der Waals surface area contributed by atoms with E-state index in [-0.39, 0.29) is 23.7 Å². The maximum Gasteiger partial charge on any atom is 0.237 e. The predicted octanol–water partition coefficient (Wildman–Crippen LogP) is 1.76. The van der Waals surface area contributed by atoms with Crippen LogP contribution in [0.5, 0.6) is 0 Å². The molecule has 2 N–H and O–H groups in total. The molecule has 0 aromatic heterocycles. The molecule has 1 atom stereocenters. The first-order valence-electron chi connectivity index (χ1n) is 10.3. The van der Waals surface area contributed by atoms with E-state index >= 15 is 0 Å². The van der Waals surface area contributed by atoms with Gasteiger partial charge < -0.3 is 10.6 Å². The molecular weight excluding hydrogens is 383 g/mol. The number of rotatable bonds is 8. The Hall–Kier alpha value is -2.77. The zero-order valence-corrected chi connectivity index (χ0v) is 17.3. The number of nitrogens with zero attached hydrogens (tertiary/aromatic N) is 2. The smallest absolute Gasteiger partial charge is 0.237 e.